The van der Waals surface area contributed by atoms with Crippen LogP contribution in [0.2, 0.25) is 0 Å². The Balaban J connectivity index is 1.62. The molecule has 0 aliphatic rings. The van der Waals surface area contributed by atoms with Crippen molar-refractivity contribution in [2.75, 3.05) is 11.9 Å². The molecule has 2 aromatic carbocycles. The van der Waals surface area contributed by atoms with Crippen LogP contribution in [0.4, 0.5) is 5.13 Å². The van der Waals surface area contributed by atoms with Crippen LogP contribution in [0.15, 0.2) is 53.9 Å². The standard InChI is InChI=1S/C21H22N2O4S/c1-2-26-19-10-16(12-22-21-23-17(14-28-21)11-20(24)25)8-9-18(19)27-13-15-6-4-3-5-7-15/h3-10,14H,2,11-13H2,1H3,(H,22,23)(H,24,25). The number of hydrogen-bond acceptors (Lipinski definition) is 6. The van der Waals surface area contributed by atoms with Gasteiger partial charge >= 0.3 is 5.97 Å². The van der Waals surface area contributed by atoms with E-state index in [1.807, 2.05) is 55.5 Å². The maximum absolute atomic E-state index is 10.8. The summed E-state index contributed by atoms with van der Waals surface area (Å²) in [7, 11) is 0. The molecule has 3 aromatic rings. The van der Waals surface area contributed by atoms with Crippen molar-refractivity contribution in [3.63, 3.8) is 0 Å². The van der Waals surface area contributed by atoms with Gasteiger partial charge < -0.3 is 19.9 Å². The maximum Gasteiger partial charge on any atom is 0.309 e. The predicted molar refractivity (Wildman–Crippen MR) is 109 cm³/mol. The van der Waals surface area contributed by atoms with Gasteiger partial charge in [-0.1, -0.05) is 36.4 Å². The lowest BCUT2D eigenvalue weighted by molar-refractivity contribution is -0.136. The lowest BCUT2D eigenvalue weighted by atomic mass is 10.2. The van der Waals surface area contributed by atoms with Crippen LogP contribution in [-0.2, 0) is 24.4 Å². The molecule has 0 saturated carbocycles. The number of anilines is 1. The fraction of sp³-hybridized carbons (Fsp3) is 0.238. The lowest BCUT2D eigenvalue weighted by Gasteiger charge is -2.14. The first-order chi connectivity index (χ1) is 13.6. The first kappa shape index (κ1) is 19.7. The molecule has 0 radical (unpaired) electrons. The summed E-state index contributed by atoms with van der Waals surface area (Å²) in [6.45, 7) is 3.51. The van der Waals surface area contributed by atoms with Crippen molar-refractivity contribution >= 4 is 22.4 Å². The molecular formula is C21H22N2O4S. The van der Waals surface area contributed by atoms with E-state index in [0.29, 0.717) is 42.1 Å². The topological polar surface area (TPSA) is 80.7 Å². The Morgan fingerprint density at radius 2 is 1.93 bits per heavy atom. The van der Waals surface area contributed by atoms with Crippen molar-refractivity contribution in [2.45, 2.75) is 26.5 Å². The zero-order valence-electron chi connectivity index (χ0n) is 15.6. The van der Waals surface area contributed by atoms with Crippen LogP contribution in [0.3, 0.4) is 0 Å². The maximum atomic E-state index is 10.8. The molecular weight excluding hydrogens is 376 g/mol. The minimum atomic E-state index is -0.885. The second kappa shape index (κ2) is 9.75. The second-order valence-corrected chi connectivity index (χ2v) is 6.91. The van der Waals surface area contributed by atoms with Crippen molar-refractivity contribution in [3.8, 4) is 11.5 Å². The second-order valence-electron chi connectivity index (χ2n) is 6.06. The monoisotopic (exact) mass is 398 g/mol. The van der Waals surface area contributed by atoms with Gasteiger partial charge in [-0.2, -0.15) is 0 Å². The van der Waals surface area contributed by atoms with Gasteiger partial charge in [-0.05, 0) is 30.2 Å². The number of nitrogens with zero attached hydrogens (tertiary/aromatic N) is 1. The molecule has 0 amide bonds. The summed E-state index contributed by atoms with van der Waals surface area (Å²) < 4.78 is 11.7. The molecule has 1 aromatic heterocycles. The molecule has 2 N–H and O–H groups in total. The zero-order chi connectivity index (χ0) is 19.8. The first-order valence-electron chi connectivity index (χ1n) is 8.96. The highest BCUT2D eigenvalue weighted by atomic mass is 32.1. The minimum Gasteiger partial charge on any atom is -0.490 e. The van der Waals surface area contributed by atoms with E-state index in [4.69, 9.17) is 14.6 Å². The molecule has 0 saturated heterocycles. The van der Waals surface area contributed by atoms with Gasteiger partial charge in [-0.15, -0.1) is 11.3 Å². The third-order valence-corrected chi connectivity index (χ3v) is 4.72. The van der Waals surface area contributed by atoms with Gasteiger partial charge in [0.2, 0.25) is 0 Å². The number of hydrogen-bond donors (Lipinski definition) is 2. The van der Waals surface area contributed by atoms with Crippen LogP contribution < -0.4 is 14.8 Å². The quantitative estimate of drug-likeness (QED) is 0.528. The zero-order valence-corrected chi connectivity index (χ0v) is 16.4. The Labute approximate surface area is 167 Å². The summed E-state index contributed by atoms with van der Waals surface area (Å²) in [5.74, 6) is 0.514. The number of aliphatic carboxylic acids is 1. The summed E-state index contributed by atoms with van der Waals surface area (Å²) in [6, 6.07) is 15.8. The van der Waals surface area contributed by atoms with Crippen molar-refractivity contribution < 1.29 is 19.4 Å². The lowest BCUT2D eigenvalue weighted by Crippen LogP contribution is -2.04. The molecule has 6 nitrogen and oxygen atoms in total. The molecule has 0 unspecified atom stereocenters. The Morgan fingerprint density at radius 1 is 1.11 bits per heavy atom. The summed E-state index contributed by atoms with van der Waals surface area (Å²) >= 11 is 1.39. The van der Waals surface area contributed by atoms with Crippen molar-refractivity contribution in [1.29, 1.82) is 0 Å². The summed E-state index contributed by atoms with van der Waals surface area (Å²) in [4.78, 5) is 15.0. The first-order valence-corrected chi connectivity index (χ1v) is 9.84. The fourth-order valence-electron chi connectivity index (χ4n) is 2.59. The summed E-state index contributed by atoms with van der Waals surface area (Å²) in [5, 5.41) is 14.5. The third-order valence-electron chi connectivity index (χ3n) is 3.87. The third kappa shape index (κ3) is 5.72. The van der Waals surface area contributed by atoms with E-state index in [-0.39, 0.29) is 6.42 Å². The normalized spacial score (nSPS) is 10.5. The predicted octanol–water partition coefficient (Wildman–Crippen LogP) is 4.36. The van der Waals surface area contributed by atoms with E-state index in [1.165, 1.54) is 11.3 Å². The van der Waals surface area contributed by atoms with E-state index in [9.17, 15) is 4.79 Å². The average molecular weight is 398 g/mol. The molecule has 0 fully saturated rings. The van der Waals surface area contributed by atoms with Gasteiger partial charge in [0.25, 0.3) is 0 Å². The van der Waals surface area contributed by atoms with E-state index in [1.54, 1.807) is 5.38 Å². The number of ether oxygens (including phenoxy) is 2. The number of aromatic nitrogens is 1. The van der Waals surface area contributed by atoms with Crippen molar-refractivity contribution in [2.24, 2.45) is 0 Å². The molecule has 146 valence electrons. The van der Waals surface area contributed by atoms with Gasteiger partial charge in [0.1, 0.15) is 6.61 Å². The molecule has 0 aliphatic heterocycles. The molecule has 0 aliphatic carbocycles. The van der Waals surface area contributed by atoms with Gasteiger partial charge in [-0.3, -0.25) is 4.79 Å². The number of thiazole rings is 1. The van der Waals surface area contributed by atoms with E-state index < -0.39 is 5.97 Å². The van der Waals surface area contributed by atoms with Crippen LogP contribution in [0, 0.1) is 0 Å². The van der Waals surface area contributed by atoms with E-state index in [0.717, 1.165) is 11.1 Å². The average Bonchev–Trinajstić information content (AvgIpc) is 3.13. The Morgan fingerprint density at radius 3 is 2.68 bits per heavy atom. The van der Waals surface area contributed by atoms with Gasteiger partial charge in [0, 0.05) is 11.9 Å². The van der Waals surface area contributed by atoms with Gasteiger partial charge in [0.05, 0.1) is 18.7 Å². The van der Waals surface area contributed by atoms with Crippen molar-refractivity contribution in [1.82, 2.24) is 4.98 Å². The fourth-order valence-corrected chi connectivity index (χ4v) is 3.30. The number of carboxylic acid groups (broad SMARTS) is 1. The molecule has 0 bridgehead atoms. The van der Waals surface area contributed by atoms with Crippen LogP contribution in [0.25, 0.3) is 0 Å². The summed E-state index contributed by atoms with van der Waals surface area (Å²) in [5.41, 5.74) is 2.67. The highest BCUT2D eigenvalue weighted by Crippen LogP contribution is 2.30. The highest BCUT2D eigenvalue weighted by Gasteiger charge is 2.09. The van der Waals surface area contributed by atoms with E-state index >= 15 is 0 Å². The molecule has 7 heteroatoms. The Hall–Kier alpha value is -3.06. The van der Waals surface area contributed by atoms with Gasteiger partial charge in [-0.25, -0.2) is 4.98 Å². The smallest absolute Gasteiger partial charge is 0.309 e. The number of rotatable bonds is 10. The van der Waals surface area contributed by atoms with Crippen LogP contribution in [0.5, 0.6) is 11.5 Å². The Bertz CT molecular complexity index is 912. The van der Waals surface area contributed by atoms with E-state index in [2.05, 4.69) is 10.3 Å². The van der Waals surface area contributed by atoms with Gasteiger partial charge in [0.15, 0.2) is 16.6 Å². The molecule has 28 heavy (non-hydrogen) atoms. The largest absolute Gasteiger partial charge is 0.490 e. The molecule has 1 heterocycles. The number of nitrogens with one attached hydrogen (secondary N) is 1. The molecule has 0 atom stereocenters. The molecule has 3 rings (SSSR count). The minimum absolute atomic E-state index is 0.0693. The summed E-state index contributed by atoms with van der Waals surface area (Å²) in [6.07, 6.45) is -0.0693. The highest BCUT2D eigenvalue weighted by molar-refractivity contribution is 7.13. The van der Waals surface area contributed by atoms with Crippen molar-refractivity contribution in [3.05, 3.63) is 70.7 Å². The molecule has 0 spiro atoms. The number of carbonyl (C=O) groups is 1. The Kier molecular flexibility index (Phi) is 6.86. The SMILES string of the molecule is CCOc1cc(CNc2nc(CC(=O)O)cs2)ccc1OCc1ccccc1. The van der Waals surface area contributed by atoms with Crippen LogP contribution in [-0.4, -0.2) is 22.7 Å². The van der Waals surface area contributed by atoms with Crippen LogP contribution in [0.1, 0.15) is 23.7 Å². The number of benzene rings is 2. The van der Waals surface area contributed by atoms with Crippen LogP contribution >= 0.6 is 11.3 Å². The number of carboxylic acids is 1.